The number of nitrogens with zero attached hydrogens (tertiary/aromatic N) is 2. The van der Waals surface area contributed by atoms with E-state index in [1.165, 1.54) is 6.07 Å². The number of hydrogen-bond acceptors (Lipinski definition) is 2. The molecule has 0 saturated heterocycles. The molecule has 0 aliphatic carbocycles. The first-order chi connectivity index (χ1) is 12.6. The molecule has 0 radical (unpaired) electrons. The summed E-state index contributed by atoms with van der Waals surface area (Å²) in [6.45, 7) is -0.699. The minimum absolute atomic E-state index is 0.213. The van der Waals surface area contributed by atoms with Crippen molar-refractivity contribution in [1.29, 1.82) is 0 Å². The summed E-state index contributed by atoms with van der Waals surface area (Å²) in [6.07, 6.45) is 3.51. The van der Waals surface area contributed by atoms with Crippen molar-refractivity contribution in [1.82, 2.24) is 9.38 Å². The number of aliphatic hydroxyl groups excluding tert-OH is 1. The normalized spacial score (nSPS) is 11.2. The van der Waals surface area contributed by atoms with Crippen molar-refractivity contribution in [3.05, 3.63) is 83.1 Å². The molecular formula is C20H13ClF2N2O. The number of rotatable bonds is 3. The number of halogens is 3. The van der Waals surface area contributed by atoms with Gasteiger partial charge in [0.1, 0.15) is 17.3 Å². The largest absolute Gasteiger partial charge is 0.391 e. The van der Waals surface area contributed by atoms with Gasteiger partial charge in [0.25, 0.3) is 0 Å². The van der Waals surface area contributed by atoms with Gasteiger partial charge < -0.3 is 9.51 Å². The first-order valence-electron chi connectivity index (χ1n) is 7.90. The molecule has 0 amide bonds. The summed E-state index contributed by atoms with van der Waals surface area (Å²) < 4.78 is 29.9. The molecule has 26 heavy (non-hydrogen) atoms. The van der Waals surface area contributed by atoms with Crippen LogP contribution in [0.2, 0.25) is 5.02 Å². The van der Waals surface area contributed by atoms with Crippen LogP contribution in [-0.4, -0.2) is 14.5 Å². The molecule has 2 aromatic carbocycles. The van der Waals surface area contributed by atoms with Crippen molar-refractivity contribution in [2.75, 3.05) is 0 Å². The van der Waals surface area contributed by atoms with E-state index in [0.29, 0.717) is 21.9 Å². The third-order valence-corrected chi connectivity index (χ3v) is 4.59. The van der Waals surface area contributed by atoms with E-state index in [9.17, 15) is 13.9 Å². The van der Waals surface area contributed by atoms with Gasteiger partial charge in [-0.05, 0) is 30.3 Å². The van der Waals surface area contributed by atoms with Crippen molar-refractivity contribution in [2.45, 2.75) is 6.61 Å². The van der Waals surface area contributed by atoms with Gasteiger partial charge in [-0.15, -0.1) is 0 Å². The van der Waals surface area contributed by atoms with Crippen molar-refractivity contribution < 1.29 is 13.9 Å². The molecule has 1 N–H and O–H groups in total. The van der Waals surface area contributed by atoms with Crippen LogP contribution in [0.1, 0.15) is 5.56 Å². The van der Waals surface area contributed by atoms with Gasteiger partial charge in [0.2, 0.25) is 0 Å². The number of imidazole rings is 1. The standard InChI is InChI=1S/C20H13ClF2N2O/c21-16-4-2-1-3-14(16)18-10-25-9-12(5-8-19(25)24-18)13-6-7-17(22)15(11-26)20(13)23/h1-10,26H,11H2. The highest BCUT2D eigenvalue weighted by Crippen LogP contribution is 2.30. The van der Waals surface area contributed by atoms with E-state index < -0.39 is 18.2 Å². The first kappa shape index (κ1) is 16.7. The quantitative estimate of drug-likeness (QED) is 0.545. The zero-order valence-corrected chi connectivity index (χ0v) is 14.2. The average Bonchev–Trinajstić information content (AvgIpc) is 3.05. The fourth-order valence-electron chi connectivity index (χ4n) is 2.92. The van der Waals surface area contributed by atoms with Crippen molar-refractivity contribution >= 4 is 17.2 Å². The second-order valence-corrected chi connectivity index (χ2v) is 6.24. The van der Waals surface area contributed by atoms with Gasteiger partial charge in [-0.1, -0.05) is 29.8 Å². The van der Waals surface area contributed by atoms with Crippen LogP contribution in [0.25, 0.3) is 28.0 Å². The maximum atomic E-state index is 14.5. The Balaban J connectivity index is 1.84. The van der Waals surface area contributed by atoms with Gasteiger partial charge in [-0.2, -0.15) is 0 Å². The van der Waals surface area contributed by atoms with E-state index in [0.717, 1.165) is 11.6 Å². The number of benzene rings is 2. The van der Waals surface area contributed by atoms with E-state index in [1.54, 1.807) is 35.0 Å². The lowest BCUT2D eigenvalue weighted by molar-refractivity contribution is 0.269. The Bertz CT molecular complexity index is 1120. The minimum Gasteiger partial charge on any atom is -0.391 e. The second-order valence-electron chi connectivity index (χ2n) is 5.83. The summed E-state index contributed by atoms with van der Waals surface area (Å²) in [4.78, 5) is 4.53. The zero-order valence-electron chi connectivity index (χ0n) is 13.5. The van der Waals surface area contributed by atoms with E-state index in [4.69, 9.17) is 11.6 Å². The maximum Gasteiger partial charge on any atom is 0.139 e. The summed E-state index contributed by atoms with van der Waals surface area (Å²) in [5.74, 6) is -1.53. The molecule has 6 heteroatoms. The van der Waals surface area contributed by atoms with E-state index >= 15 is 0 Å². The van der Waals surface area contributed by atoms with Crippen LogP contribution in [0.15, 0.2) is 60.9 Å². The lowest BCUT2D eigenvalue weighted by atomic mass is 10.0. The topological polar surface area (TPSA) is 37.5 Å². The van der Waals surface area contributed by atoms with Crippen molar-refractivity contribution in [3.8, 4) is 22.4 Å². The minimum atomic E-state index is -0.765. The Labute approximate surface area is 153 Å². The van der Waals surface area contributed by atoms with E-state index in [2.05, 4.69) is 4.98 Å². The Kier molecular flexibility index (Phi) is 4.18. The SMILES string of the molecule is OCc1c(F)ccc(-c2ccc3nc(-c4ccccc4Cl)cn3c2)c1F. The van der Waals surface area contributed by atoms with Gasteiger partial charge in [0.15, 0.2) is 0 Å². The second kappa shape index (κ2) is 6.52. The molecule has 3 nitrogen and oxygen atoms in total. The molecular weight excluding hydrogens is 358 g/mol. The summed E-state index contributed by atoms with van der Waals surface area (Å²) in [7, 11) is 0. The first-order valence-corrected chi connectivity index (χ1v) is 8.28. The predicted molar refractivity (Wildman–Crippen MR) is 96.9 cm³/mol. The van der Waals surface area contributed by atoms with Crippen LogP contribution in [0, 0.1) is 11.6 Å². The van der Waals surface area contributed by atoms with Gasteiger partial charge >= 0.3 is 0 Å². The van der Waals surface area contributed by atoms with Crippen molar-refractivity contribution in [3.63, 3.8) is 0 Å². The fourth-order valence-corrected chi connectivity index (χ4v) is 3.15. The van der Waals surface area contributed by atoms with Crippen LogP contribution in [0.4, 0.5) is 8.78 Å². The van der Waals surface area contributed by atoms with Gasteiger partial charge in [0.05, 0.1) is 17.3 Å². The molecule has 2 aromatic heterocycles. The highest BCUT2D eigenvalue weighted by Gasteiger charge is 2.15. The molecule has 0 aliphatic heterocycles. The Hall–Kier alpha value is -2.76. The number of aliphatic hydroxyl groups is 1. The monoisotopic (exact) mass is 370 g/mol. The van der Waals surface area contributed by atoms with Crippen LogP contribution in [0.5, 0.6) is 0 Å². The summed E-state index contributed by atoms with van der Waals surface area (Å²) >= 11 is 6.22. The highest BCUT2D eigenvalue weighted by molar-refractivity contribution is 6.33. The Morgan fingerprint density at radius 1 is 0.962 bits per heavy atom. The molecule has 0 atom stereocenters. The Morgan fingerprint density at radius 2 is 1.77 bits per heavy atom. The summed E-state index contributed by atoms with van der Waals surface area (Å²) in [6, 6.07) is 13.3. The van der Waals surface area contributed by atoms with Crippen LogP contribution in [-0.2, 0) is 6.61 Å². The molecule has 4 aromatic rings. The molecule has 0 bridgehead atoms. The molecule has 0 spiro atoms. The Morgan fingerprint density at radius 3 is 2.54 bits per heavy atom. The van der Waals surface area contributed by atoms with Gasteiger partial charge in [-0.3, -0.25) is 0 Å². The van der Waals surface area contributed by atoms with E-state index in [1.807, 2.05) is 18.2 Å². The smallest absolute Gasteiger partial charge is 0.139 e. The third-order valence-electron chi connectivity index (χ3n) is 4.26. The molecule has 0 aliphatic rings. The lowest BCUT2D eigenvalue weighted by Gasteiger charge is -2.08. The van der Waals surface area contributed by atoms with Crippen molar-refractivity contribution in [2.24, 2.45) is 0 Å². The molecule has 4 rings (SSSR count). The van der Waals surface area contributed by atoms with E-state index in [-0.39, 0.29) is 11.1 Å². The lowest BCUT2D eigenvalue weighted by Crippen LogP contribution is -1.98. The number of hydrogen-bond donors (Lipinski definition) is 1. The van der Waals surface area contributed by atoms with Crippen LogP contribution < -0.4 is 0 Å². The number of aromatic nitrogens is 2. The number of fused-ring (bicyclic) bond motifs is 1. The molecule has 0 saturated carbocycles. The highest BCUT2D eigenvalue weighted by atomic mass is 35.5. The molecule has 130 valence electrons. The predicted octanol–water partition coefficient (Wildman–Crippen LogP) is 5.09. The molecule has 2 heterocycles. The number of pyridine rings is 1. The summed E-state index contributed by atoms with van der Waals surface area (Å²) in [5, 5.41) is 9.78. The average molecular weight is 371 g/mol. The molecule has 0 unspecified atom stereocenters. The van der Waals surface area contributed by atoms with Gasteiger partial charge in [0, 0.05) is 34.6 Å². The summed E-state index contributed by atoms with van der Waals surface area (Å²) in [5.41, 5.74) is 2.59. The molecule has 0 fully saturated rings. The van der Waals surface area contributed by atoms with Crippen LogP contribution >= 0.6 is 11.6 Å². The maximum absolute atomic E-state index is 14.5. The van der Waals surface area contributed by atoms with Crippen LogP contribution in [0.3, 0.4) is 0 Å². The third kappa shape index (κ3) is 2.75. The fraction of sp³-hybridized carbons (Fsp3) is 0.0500. The van der Waals surface area contributed by atoms with Gasteiger partial charge in [-0.25, -0.2) is 13.8 Å². The zero-order chi connectivity index (χ0) is 18.3.